The maximum Gasteiger partial charge on any atom is 0.155 e. The predicted octanol–water partition coefficient (Wildman–Crippen LogP) is 7.24. The average Bonchev–Trinajstić information content (AvgIpc) is 2.88. The van der Waals surface area contributed by atoms with Crippen LogP contribution in [-0.2, 0) is 4.79 Å². The molecule has 0 aliphatic rings. The van der Waals surface area contributed by atoms with Gasteiger partial charge >= 0.3 is 0 Å². The van der Waals surface area contributed by atoms with E-state index < -0.39 is 23.5 Å². The average molecular weight is 483 g/mol. The Morgan fingerprint density at radius 1 is 0.583 bits per heavy atom. The molecule has 0 aliphatic heterocycles. The molecule has 2 N–H and O–H groups in total. The second-order valence-corrected chi connectivity index (χ2v) is 8.30. The number of halogens is 2. The first-order chi connectivity index (χ1) is 17.4. The van der Waals surface area contributed by atoms with E-state index in [9.17, 15) is 23.8 Å². The molecule has 5 heteroatoms. The first-order valence-electron chi connectivity index (χ1n) is 11.4. The molecule has 36 heavy (non-hydrogen) atoms. The normalized spacial score (nSPS) is 13.2. The predicted molar refractivity (Wildman–Crippen MR) is 138 cm³/mol. The first kappa shape index (κ1) is 24.6. The third kappa shape index (κ3) is 5.94. The number of ketones is 1. The van der Waals surface area contributed by atoms with Crippen LogP contribution in [0.3, 0.4) is 0 Å². The fourth-order valence-corrected chi connectivity index (χ4v) is 3.92. The Hall–Kier alpha value is -4.51. The van der Waals surface area contributed by atoms with Crippen LogP contribution in [-0.4, -0.2) is 16.0 Å². The summed E-state index contributed by atoms with van der Waals surface area (Å²) in [5.41, 5.74) is 1.87. The van der Waals surface area contributed by atoms with Crippen molar-refractivity contribution >= 4 is 17.9 Å². The van der Waals surface area contributed by atoms with Crippen molar-refractivity contribution in [2.24, 2.45) is 0 Å². The van der Waals surface area contributed by atoms with Gasteiger partial charge in [-0.3, -0.25) is 4.79 Å². The summed E-state index contributed by atoms with van der Waals surface area (Å²) in [6.07, 6.45) is 6.35. The van der Waals surface area contributed by atoms with Crippen molar-refractivity contribution in [3.8, 4) is 11.5 Å². The van der Waals surface area contributed by atoms with Crippen molar-refractivity contribution in [1.82, 2.24) is 0 Å². The summed E-state index contributed by atoms with van der Waals surface area (Å²) in [7, 11) is 0. The van der Waals surface area contributed by atoms with Crippen LogP contribution in [0, 0.1) is 11.6 Å². The number of phenolic OH excluding ortho intramolecular Hbond substituents is 2. The Labute approximate surface area is 208 Å². The summed E-state index contributed by atoms with van der Waals surface area (Å²) in [5.74, 6) is -2.56. The van der Waals surface area contributed by atoms with Gasteiger partial charge in [-0.05, 0) is 47.5 Å². The molecule has 4 rings (SSSR count). The summed E-state index contributed by atoms with van der Waals surface area (Å²) in [5, 5.41) is 19.5. The Morgan fingerprint density at radius 2 is 0.944 bits per heavy atom. The SMILES string of the molecule is O=C(C(/C=C/c1ccccc1F)c1ccc(O)cc1)C(/C=C/c1ccccc1F)c1ccc(O)cc1. The third-order valence-electron chi connectivity index (χ3n) is 5.86. The monoisotopic (exact) mass is 482 g/mol. The lowest BCUT2D eigenvalue weighted by atomic mass is 9.82. The maximum absolute atomic E-state index is 14.3. The summed E-state index contributed by atoms with van der Waals surface area (Å²) in [4.78, 5) is 14.0. The zero-order valence-corrected chi connectivity index (χ0v) is 19.3. The number of hydrogen-bond acceptors (Lipinski definition) is 3. The third-order valence-corrected chi connectivity index (χ3v) is 5.86. The van der Waals surface area contributed by atoms with Crippen molar-refractivity contribution < 1.29 is 23.8 Å². The molecule has 0 heterocycles. The van der Waals surface area contributed by atoms with Gasteiger partial charge in [0, 0.05) is 11.1 Å². The standard InChI is InChI=1S/C31H24F2O3/c32-29-7-3-1-5-23(29)13-19-27(21-9-15-25(34)16-10-21)31(36)28(22-11-17-26(35)18-12-22)20-14-24-6-2-4-8-30(24)33/h1-20,27-28,34-35H/b19-13+,20-14+. The van der Waals surface area contributed by atoms with E-state index in [1.165, 1.54) is 36.4 Å². The molecule has 0 saturated heterocycles. The topological polar surface area (TPSA) is 57.5 Å². The van der Waals surface area contributed by atoms with Crippen LogP contribution in [0.1, 0.15) is 34.1 Å². The van der Waals surface area contributed by atoms with Crippen LogP contribution >= 0.6 is 0 Å². The van der Waals surface area contributed by atoms with Crippen molar-refractivity contribution in [1.29, 1.82) is 0 Å². The quantitative estimate of drug-likeness (QED) is 0.278. The van der Waals surface area contributed by atoms with E-state index in [2.05, 4.69) is 0 Å². The minimum Gasteiger partial charge on any atom is -0.508 e. The van der Waals surface area contributed by atoms with Crippen molar-refractivity contribution in [2.45, 2.75) is 11.8 Å². The highest BCUT2D eigenvalue weighted by Crippen LogP contribution is 2.32. The van der Waals surface area contributed by atoms with Gasteiger partial charge in [-0.25, -0.2) is 8.78 Å². The molecule has 0 aromatic heterocycles. The molecule has 0 bridgehead atoms. The molecule has 0 spiro atoms. The Kier molecular flexibility index (Phi) is 7.71. The van der Waals surface area contributed by atoms with E-state index in [1.807, 2.05) is 0 Å². The summed E-state index contributed by atoms with van der Waals surface area (Å²) >= 11 is 0. The lowest BCUT2D eigenvalue weighted by Crippen LogP contribution is -2.18. The fraction of sp³-hybridized carbons (Fsp3) is 0.0645. The smallest absolute Gasteiger partial charge is 0.155 e. The molecule has 0 aliphatic carbocycles. The van der Waals surface area contributed by atoms with Gasteiger partial charge in [0.25, 0.3) is 0 Å². The van der Waals surface area contributed by atoms with Gasteiger partial charge in [-0.15, -0.1) is 0 Å². The largest absolute Gasteiger partial charge is 0.508 e. The Bertz CT molecular complexity index is 1280. The van der Waals surface area contributed by atoms with Crippen LogP contribution in [0.4, 0.5) is 8.78 Å². The molecule has 0 radical (unpaired) electrons. The zero-order valence-electron chi connectivity index (χ0n) is 19.3. The van der Waals surface area contributed by atoms with E-state index in [0.29, 0.717) is 22.3 Å². The van der Waals surface area contributed by atoms with E-state index in [1.54, 1.807) is 85.0 Å². The molecule has 3 nitrogen and oxygen atoms in total. The second-order valence-electron chi connectivity index (χ2n) is 8.30. The van der Waals surface area contributed by atoms with Gasteiger partial charge in [0.2, 0.25) is 0 Å². The van der Waals surface area contributed by atoms with Crippen LogP contribution < -0.4 is 0 Å². The Morgan fingerprint density at radius 3 is 1.31 bits per heavy atom. The molecular weight excluding hydrogens is 458 g/mol. The summed E-state index contributed by atoms with van der Waals surface area (Å²) in [6, 6.07) is 25.0. The van der Waals surface area contributed by atoms with Gasteiger partial charge in [-0.2, -0.15) is 0 Å². The molecular formula is C31H24F2O3. The minimum atomic E-state index is -0.797. The van der Waals surface area contributed by atoms with Gasteiger partial charge in [0.1, 0.15) is 23.1 Å². The molecule has 0 fully saturated rings. The number of phenols is 2. The summed E-state index contributed by atoms with van der Waals surface area (Å²) < 4.78 is 28.5. The number of rotatable bonds is 8. The fourth-order valence-electron chi connectivity index (χ4n) is 3.92. The zero-order chi connectivity index (χ0) is 25.5. The number of carbonyl (C=O) groups is 1. The second kappa shape index (κ2) is 11.3. The Balaban J connectivity index is 1.78. The van der Waals surface area contributed by atoms with Crippen LogP contribution in [0.25, 0.3) is 12.2 Å². The van der Waals surface area contributed by atoms with E-state index >= 15 is 0 Å². The number of hydrogen-bond donors (Lipinski definition) is 2. The maximum atomic E-state index is 14.3. The van der Waals surface area contributed by atoms with Gasteiger partial charge in [-0.1, -0.05) is 85.0 Å². The highest BCUT2D eigenvalue weighted by Gasteiger charge is 2.26. The van der Waals surface area contributed by atoms with Crippen molar-refractivity contribution in [2.75, 3.05) is 0 Å². The van der Waals surface area contributed by atoms with Gasteiger partial charge in [0.05, 0.1) is 11.8 Å². The van der Waals surface area contributed by atoms with Gasteiger partial charge < -0.3 is 10.2 Å². The molecule has 0 saturated carbocycles. The van der Waals surface area contributed by atoms with Crippen LogP contribution in [0.5, 0.6) is 11.5 Å². The summed E-state index contributed by atoms with van der Waals surface area (Å²) in [6.45, 7) is 0. The van der Waals surface area contributed by atoms with E-state index in [0.717, 1.165) is 0 Å². The minimum absolute atomic E-state index is 0.0533. The number of benzene rings is 4. The van der Waals surface area contributed by atoms with Crippen LogP contribution in [0.2, 0.25) is 0 Å². The molecule has 2 unspecified atom stereocenters. The highest BCUT2D eigenvalue weighted by atomic mass is 19.1. The molecule has 4 aromatic rings. The van der Waals surface area contributed by atoms with E-state index in [-0.39, 0.29) is 17.3 Å². The molecule has 180 valence electrons. The highest BCUT2D eigenvalue weighted by molar-refractivity contribution is 5.96. The number of carbonyl (C=O) groups excluding carboxylic acids is 1. The molecule has 2 atom stereocenters. The number of allylic oxidation sites excluding steroid dienone is 2. The number of Topliss-reactive ketones (excluding diaryl/α,β-unsaturated/α-hetero) is 1. The lowest BCUT2D eigenvalue weighted by Gasteiger charge is -2.19. The number of aromatic hydroxyl groups is 2. The van der Waals surface area contributed by atoms with Crippen molar-refractivity contribution in [3.63, 3.8) is 0 Å². The van der Waals surface area contributed by atoms with Crippen LogP contribution in [0.15, 0.2) is 109 Å². The van der Waals surface area contributed by atoms with Crippen molar-refractivity contribution in [3.05, 3.63) is 143 Å². The lowest BCUT2D eigenvalue weighted by molar-refractivity contribution is -0.120. The van der Waals surface area contributed by atoms with Gasteiger partial charge in [0.15, 0.2) is 5.78 Å². The molecule has 4 aromatic carbocycles. The van der Waals surface area contributed by atoms with E-state index in [4.69, 9.17) is 0 Å². The molecule has 0 amide bonds. The first-order valence-corrected chi connectivity index (χ1v) is 11.4.